The van der Waals surface area contributed by atoms with Crippen LogP contribution in [-0.2, 0) is 0 Å². The molecule has 1 saturated heterocycles. The highest BCUT2D eigenvalue weighted by Crippen LogP contribution is 2.40. The molecule has 4 rings (SSSR count). The Bertz CT molecular complexity index is 820. The number of carbonyl (C=O) groups excluding carboxylic acids is 1. The van der Waals surface area contributed by atoms with Gasteiger partial charge in [0, 0.05) is 31.7 Å². The van der Waals surface area contributed by atoms with Gasteiger partial charge in [0.25, 0.3) is 5.91 Å². The van der Waals surface area contributed by atoms with Crippen LogP contribution < -0.4 is 14.4 Å². The van der Waals surface area contributed by atoms with Crippen molar-refractivity contribution in [3.05, 3.63) is 52.0 Å². The van der Waals surface area contributed by atoms with Crippen molar-refractivity contribution in [2.45, 2.75) is 0 Å². The molecule has 130 valence electrons. The van der Waals surface area contributed by atoms with Gasteiger partial charge in [0.1, 0.15) is 0 Å². The number of hydrogen-bond acceptors (Lipinski definition) is 4. The number of carbonyl (C=O) groups is 1. The Morgan fingerprint density at radius 2 is 1.72 bits per heavy atom. The van der Waals surface area contributed by atoms with E-state index in [2.05, 4.69) is 4.90 Å². The number of piperazine rings is 1. The van der Waals surface area contributed by atoms with E-state index in [4.69, 9.17) is 32.7 Å². The van der Waals surface area contributed by atoms with Gasteiger partial charge in [-0.05, 0) is 24.3 Å². The minimum absolute atomic E-state index is 0.0565. The van der Waals surface area contributed by atoms with E-state index >= 15 is 0 Å². The molecule has 1 amide bonds. The third-order valence-electron chi connectivity index (χ3n) is 4.43. The Balaban J connectivity index is 1.47. The van der Waals surface area contributed by atoms with Crippen LogP contribution in [-0.4, -0.2) is 43.8 Å². The standard InChI is InChI=1S/C18H16Cl2N2O3/c19-13-3-1-2-4-15(13)21-5-7-22(8-6-21)18(23)12-9-14(20)17-16(10-12)24-11-25-17/h1-4,9-10H,5-8,11H2. The molecule has 2 aliphatic heterocycles. The molecule has 0 bridgehead atoms. The minimum Gasteiger partial charge on any atom is -0.454 e. The molecule has 0 unspecified atom stereocenters. The summed E-state index contributed by atoms with van der Waals surface area (Å²) in [6, 6.07) is 11.1. The number of para-hydroxylation sites is 1. The Kier molecular flexibility index (Phi) is 4.36. The molecule has 0 aliphatic carbocycles. The first kappa shape index (κ1) is 16.4. The van der Waals surface area contributed by atoms with Crippen LogP contribution in [0.15, 0.2) is 36.4 Å². The highest BCUT2D eigenvalue weighted by Gasteiger charge is 2.26. The topological polar surface area (TPSA) is 42.0 Å². The van der Waals surface area contributed by atoms with Gasteiger partial charge in [-0.15, -0.1) is 0 Å². The molecule has 5 nitrogen and oxygen atoms in total. The monoisotopic (exact) mass is 378 g/mol. The molecule has 2 heterocycles. The molecule has 2 aromatic carbocycles. The number of hydrogen-bond donors (Lipinski definition) is 0. The first-order valence-electron chi connectivity index (χ1n) is 8.01. The summed E-state index contributed by atoms with van der Waals surface area (Å²) in [6.07, 6.45) is 0. The number of halogens is 2. The van der Waals surface area contributed by atoms with Gasteiger partial charge in [-0.1, -0.05) is 35.3 Å². The second-order valence-electron chi connectivity index (χ2n) is 5.92. The van der Waals surface area contributed by atoms with Crippen LogP contribution in [0.1, 0.15) is 10.4 Å². The molecule has 25 heavy (non-hydrogen) atoms. The van der Waals surface area contributed by atoms with E-state index in [0.717, 1.165) is 23.8 Å². The summed E-state index contributed by atoms with van der Waals surface area (Å²) in [5, 5.41) is 1.12. The fraction of sp³-hybridized carbons (Fsp3) is 0.278. The Hall–Kier alpha value is -2.11. The summed E-state index contributed by atoms with van der Waals surface area (Å²) in [5.74, 6) is 0.964. The van der Waals surface area contributed by atoms with Crippen molar-refractivity contribution in [1.29, 1.82) is 0 Å². The molecule has 0 spiro atoms. The number of nitrogens with zero attached hydrogens (tertiary/aromatic N) is 2. The second-order valence-corrected chi connectivity index (χ2v) is 6.74. The van der Waals surface area contributed by atoms with Gasteiger partial charge in [0.05, 0.1) is 15.7 Å². The summed E-state index contributed by atoms with van der Waals surface area (Å²) < 4.78 is 10.6. The molecule has 0 radical (unpaired) electrons. The van der Waals surface area contributed by atoms with Gasteiger partial charge in [-0.2, -0.15) is 0 Å². The molecule has 0 atom stereocenters. The Morgan fingerprint density at radius 3 is 2.48 bits per heavy atom. The summed E-state index contributed by atoms with van der Waals surface area (Å²) in [6.45, 7) is 2.83. The summed E-state index contributed by atoms with van der Waals surface area (Å²) in [5.41, 5.74) is 1.52. The van der Waals surface area contributed by atoms with Crippen molar-refractivity contribution in [3.63, 3.8) is 0 Å². The zero-order valence-electron chi connectivity index (χ0n) is 13.4. The van der Waals surface area contributed by atoms with Crippen LogP contribution in [0.2, 0.25) is 10.0 Å². The summed E-state index contributed by atoms with van der Waals surface area (Å²) >= 11 is 12.4. The Labute approximate surface area is 155 Å². The zero-order valence-corrected chi connectivity index (χ0v) is 14.9. The SMILES string of the molecule is O=C(c1cc(Cl)c2c(c1)OCO2)N1CCN(c2ccccc2Cl)CC1. The lowest BCUT2D eigenvalue weighted by Gasteiger charge is -2.36. The van der Waals surface area contributed by atoms with Crippen LogP contribution in [0.5, 0.6) is 11.5 Å². The normalized spacial score (nSPS) is 16.2. The molecule has 7 heteroatoms. The van der Waals surface area contributed by atoms with Crippen LogP contribution in [0.4, 0.5) is 5.69 Å². The van der Waals surface area contributed by atoms with E-state index in [-0.39, 0.29) is 12.7 Å². The lowest BCUT2D eigenvalue weighted by Crippen LogP contribution is -2.48. The van der Waals surface area contributed by atoms with Gasteiger partial charge >= 0.3 is 0 Å². The van der Waals surface area contributed by atoms with Gasteiger partial charge in [0.15, 0.2) is 11.5 Å². The second kappa shape index (κ2) is 6.65. The molecule has 0 aromatic heterocycles. The third kappa shape index (κ3) is 3.10. The molecule has 2 aromatic rings. The van der Waals surface area contributed by atoms with E-state index in [1.165, 1.54) is 0 Å². The predicted octanol–water partition coefficient (Wildman–Crippen LogP) is 3.68. The molecule has 2 aliphatic rings. The largest absolute Gasteiger partial charge is 0.454 e. The number of benzene rings is 2. The number of ether oxygens (including phenoxy) is 2. The van der Waals surface area contributed by atoms with E-state index in [9.17, 15) is 4.79 Å². The molecule has 0 N–H and O–H groups in total. The van der Waals surface area contributed by atoms with E-state index in [1.54, 1.807) is 12.1 Å². The maximum atomic E-state index is 12.8. The van der Waals surface area contributed by atoms with Crippen molar-refractivity contribution in [2.24, 2.45) is 0 Å². The van der Waals surface area contributed by atoms with Crippen molar-refractivity contribution in [3.8, 4) is 11.5 Å². The number of rotatable bonds is 2. The zero-order chi connectivity index (χ0) is 17.4. The smallest absolute Gasteiger partial charge is 0.254 e. The number of amides is 1. The highest BCUT2D eigenvalue weighted by molar-refractivity contribution is 6.33. The van der Waals surface area contributed by atoms with Crippen LogP contribution >= 0.6 is 23.2 Å². The highest BCUT2D eigenvalue weighted by atomic mass is 35.5. The molecule has 0 saturated carbocycles. The Morgan fingerprint density at radius 1 is 0.960 bits per heavy atom. The molecule has 1 fully saturated rings. The van der Waals surface area contributed by atoms with Crippen molar-refractivity contribution in [1.82, 2.24) is 4.90 Å². The van der Waals surface area contributed by atoms with E-state index in [0.29, 0.717) is 35.2 Å². The molecular formula is C18H16Cl2N2O3. The first-order chi connectivity index (χ1) is 12.1. The fourth-order valence-corrected chi connectivity index (χ4v) is 3.65. The number of anilines is 1. The van der Waals surface area contributed by atoms with Gasteiger partial charge < -0.3 is 19.3 Å². The summed E-state index contributed by atoms with van der Waals surface area (Å²) in [4.78, 5) is 16.8. The van der Waals surface area contributed by atoms with Gasteiger partial charge in [-0.3, -0.25) is 4.79 Å². The fourth-order valence-electron chi connectivity index (χ4n) is 3.13. The van der Waals surface area contributed by atoms with E-state index in [1.807, 2.05) is 29.2 Å². The minimum atomic E-state index is -0.0565. The van der Waals surface area contributed by atoms with Crippen LogP contribution in [0.3, 0.4) is 0 Å². The first-order valence-corrected chi connectivity index (χ1v) is 8.77. The quantitative estimate of drug-likeness (QED) is 0.799. The molecular weight excluding hydrogens is 363 g/mol. The number of fused-ring (bicyclic) bond motifs is 1. The van der Waals surface area contributed by atoms with Crippen molar-refractivity contribution < 1.29 is 14.3 Å². The predicted molar refractivity (Wildman–Crippen MR) is 97.1 cm³/mol. The maximum absolute atomic E-state index is 12.8. The van der Waals surface area contributed by atoms with Gasteiger partial charge in [-0.25, -0.2) is 0 Å². The van der Waals surface area contributed by atoms with Crippen LogP contribution in [0, 0.1) is 0 Å². The maximum Gasteiger partial charge on any atom is 0.254 e. The van der Waals surface area contributed by atoms with Crippen LogP contribution in [0.25, 0.3) is 0 Å². The third-order valence-corrected chi connectivity index (χ3v) is 5.03. The average Bonchev–Trinajstić information content (AvgIpc) is 3.11. The van der Waals surface area contributed by atoms with E-state index < -0.39 is 0 Å². The lowest BCUT2D eigenvalue weighted by atomic mass is 10.1. The van der Waals surface area contributed by atoms with Crippen molar-refractivity contribution in [2.75, 3.05) is 37.9 Å². The average molecular weight is 379 g/mol. The van der Waals surface area contributed by atoms with Crippen molar-refractivity contribution >= 4 is 34.8 Å². The van der Waals surface area contributed by atoms with Gasteiger partial charge in [0.2, 0.25) is 6.79 Å². The summed E-state index contributed by atoms with van der Waals surface area (Å²) in [7, 11) is 0. The lowest BCUT2D eigenvalue weighted by molar-refractivity contribution is 0.0746.